The lowest BCUT2D eigenvalue weighted by molar-refractivity contribution is -0.134. The topological polar surface area (TPSA) is 109 Å². The molecule has 6 nitrogen and oxygen atoms in total. The van der Waals surface area contributed by atoms with Crippen molar-refractivity contribution in [2.45, 2.75) is 67.2 Å². The minimum atomic E-state index is -0.833. The van der Waals surface area contributed by atoms with Crippen LogP contribution in [0.1, 0.15) is 67.2 Å². The van der Waals surface area contributed by atoms with Crippen molar-refractivity contribution in [2.75, 3.05) is 13.1 Å². The summed E-state index contributed by atoms with van der Waals surface area (Å²) in [5, 5.41) is 10.1. The molecular weight excluding hydrogens is 272 g/mol. The van der Waals surface area contributed by atoms with E-state index in [0.29, 0.717) is 0 Å². The zero-order valence-corrected chi connectivity index (χ0v) is 14.5. The predicted octanol–water partition coefficient (Wildman–Crippen LogP) is 2.35. The fourth-order valence-electron chi connectivity index (χ4n) is 0.645. The monoisotopic (exact) mass is 306 g/mol. The first-order valence-corrected chi connectivity index (χ1v) is 7.26. The number of hydrogen-bond acceptors (Lipinski definition) is 4. The first kappa shape index (κ1) is 27.8. The average Bonchev–Trinajstić information content (AvgIpc) is 2.29. The minimum absolute atomic E-state index is 0.0680. The molecule has 0 aromatic heterocycles. The van der Waals surface area contributed by atoms with Gasteiger partial charge in [0, 0.05) is 20.4 Å². The molecule has 0 aromatic rings. The summed E-state index contributed by atoms with van der Waals surface area (Å²) in [6, 6.07) is 0. The Bertz CT molecular complexity index is 222. The van der Waals surface area contributed by atoms with Gasteiger partial charge in [0.25, 0.3) is 5.97 Å². The van der Waals surface area contributed by atoms with Crippen LogP contribution in [0.25, 0.3) is 0 Å². The highest BCUT2D eigenvalue weighted by molar-refractivity contribution is 5.72. The zero-order valence-electron chi connectivity index (χ0n) is 14.5. The van der Waals surface area contributed by atoms with E-state index >= 15 is 0 Å². The molecule has 0 saturated heterocycles. The van der Waals surface area contributed by atoms with E-state index in [1.807, 2.05) is 0 Å². The molecule has 21 heavy (non-hydrogen) atoms. The van der Waals surface area contributed by atoms with Crippen LogP contribution < -0.4 is 11.1 Å². The van der Waals surface area contributed by atoms with Crippen molar-refractivity contribution < 1.29 is 19.5 Å². The van der Waals surface area contributed by atoms with Crippen molar-refractivity contribution >= 4 is 17.7 Å². The van der Waals surface area contributed by atoms with Crippen LogP contribution in [0.15, 0.2) is 0 Å². The van der Waals surface area contributed by atoms with Crippen LogP contribution in [0.2, 0.25) is 0 Å². The molecule has 0 atom stereocenters. The highest BCUT2D eigenvalue weighted by Crippen LogP contribution is 1.81. The molecule has 0 aromatic carbocycles. The number of nitrogens with two attached hydrogens (primary N) is 1. The Morgan fingerprint density at radius 2 is 1.29 bits per heavy atom. The lowest BCUT2D eigenvalue weighted by atomic mass is 10.3. The molecule has 0 aliphatic carbocycles. The van der Waals surface area contributed by atoms with Gasteiger partial charge in [0.2, 0.25) is 5.91 Å². The van der Waals surface area contributed by atoms with Crippen molar-refractivity contribution in [3.05, 3.63) is 0 Å². The van der Waals surface area contributed by atoms with Crippen molar-refractivity contribution in [2.24, 2.45) is 5.73 Å². The molecule has 0 unspecified atom stereocenters. The Labute approximate surface area is 129 Å². The van der Waals surface area contributed by atoms with E-state index in [0.717, 1.165) is 32.9 Å². The minimum Gasteiger partial charge on any atom is -0.481 e. The molecule has 1 amide bonds. The zero-order chi connectivity index (χ0) is 17.7. The van der Waals surface area contributed by atoms with Crippen LogP contribution in [-0.4, -0.2) is 35.9 Å². The highest BCUT2D eigenvalue weighted by Gasteiger charge is 1.85. The van der Waals surface area contributed by atoms with Gasteiger partial charge in [-0.25, -0.2) is 0 Å². The van der Waals surface area contributed by atoms with E-state index in [1.165, 1.54) is 33.6 Å². The second-order valence-corrected chi connectivity index (χ2v) is 4.41. The summed E-state index contributed by atoms with van der Waals surface area (Å²) in [6.45, 7) is 11.6. The summed E-state index contributed by atoms with van der Waals surface area (Å²) in [5.41, 5.74) is 5.14. The third kappa shape index (κ3) is 164. The van der Waals surface area contributed by atoms with Gasteiger partial charge in [-0.15, -0.1) is 0 Å². The number of carboxylic acid groups (broad SMARTS) is 1. The Kier molecular flexibility index (Phi) is 35.8. The van der Waals surface area contributed by atoms with E-state index in [2.05, 4.69) is 19.2 Å². The second kappa shape index (κ2) is 27.0. The lowest BCUT2D eigenvalue weighted by Crippen LogP contribution is -2.20. The van der Waals surface area contributed by atoms with Gasteiger partial charge in [-0.1, -0.05) is 26.7 Å². The first-order valence-electron chi connectivity index (χ1n) is 7.26. The van der Waals surface area contributed by atoms with Crippen molar-refractivity contribution in [1.82, 2.24) is 5.32 Å². The largest absolute Gasteiger partial charge is 0.481 e. The molecule has 0 rings (SSSR count). The molecule has 0 spiro atoms. The molecule has 6 heteroatoms. The normalized spacial score (nSPS) is 7.76. The van der Waals surface area contributed by atoms with Crippen LogP contribution in [-0.2, 0) is 14.4 Å². The summed E-state index contributed by atoms with van der Waals surface area (Å²) >= 11 is 0. The standard InChI is InChI=1S/C6H13NO.C4H11N.C3H6O.C2H4O2/c1-3-4-5-7-6(2)8;1-2-3-4-5;1-3(2)4;1-2(3)4/h3-5H2,1-2H3,(H,7,8);2-5H2,1H3;1-2H3;1H3,(H,3,4). The predicted molar refractivity (Wildman–Crippen MR) is 87.2 cm³/mol. The number of hydrogen-bond donors (Lipinski definition) is 3. The van der Waals surface area contributed by atoms with E-state index in [-0.39, 0.29) is 11.7 Å². The highest BCUT2D eigenvalue weighted by atomic mass is 16.4. The van der Waals surface area contributed by atoms with Gasteiger partial charge in [-0.3, -0.25) is 9.59 Å². The third-order valence-corrected chi connectivity index (χ3v) is 1.46. The first-order chi connectivity index (χ1) is 9.65. The Hall–Kier alpha value is -1.43. The number of carbonyl (C=O) groups is 3. The van der Waals surface area contributed by atoms with Crippen molar-refractivity contribution in [1.29, 1.82) is 0 Å². The Morgan fingerprint density at radius 1 is 0.952 bits per heavy atom. The molecular formula is C15H34N2O4. The van der Waals surface area contributed by atoms with Crippen LogP contribution in [0, 0.1) is 0 Å². The maximum Gasteiger partial charge on any atom is 0.300 e. The number of aliphatic carboxylic acids is 1. The maximum atomic E-state index is 10.2. The van der Waals surface area contributed by atoms with Crippen LogP contribution in [0.4, 0.5) is 0 Å². The average molecular weight is 306 g/mol. The summed E-state index contributed by atoms with van der Waals surface area (Å²) in [5.74, 6) is -0.599. The van der Waals surface area contributed by atoms with Gasteiger partial charge in [0.1, 0.15) is 5.78 Å². The molecule has 0 heterocycles. The number of ketones is 1. The van der Waals surface area contributed by atoms with Crippen molar-refractivity contribution in [3.63, 3.8) is 0 Å². The molecule has 0 saturated carbocycles. The molecule has 0 radical (unpaired) electrons. The summed E-state index contributed by atoms with van der Waals surface area (Å²) in [6.07, 6.45) is 4.61. The number of rotatable bonds is 5. The SMILES string of the molecule is CC(=O)O.CC(C)=O.CCCCN.CCCCNC(C)=O. The number of Topliss-reactive ketones (excluding diaryl/α,β-unsaturated/α-hetero) is 1. The van der Waals surface area contributed by atoms with Gasteiger partial charge >= 0.3 is 0 Å². The van der Waals surface area contributed by atoms with Gasteiger partial charge in [-0.2, -0.15) is 0 Å². The van der Waals surface area contributed by atoms with Crippen LogP contribution in [0.3, 0.4) is 0 Å². The van der Waals surface area contributed by atoms with E-state index in [4.69, 9.17) is 15.6 Å². The van der Waals surface area contributed by atoms with Crippen LogP contribution >= 0.6 is 0 Å². The molecule has 0 fully saturated rings. The second-order valence-electron chi connectivity index (χ2n) is 4.41. The van der Waals surface area contributed by atoms with Crippen LogP contribution in [0.5, 0.6) is 0 Å². The molecule has 0 aliphatic rings. The Balaban J connectivity index is -0.0000000970. The number of amides is 1. The third-order valence-electron chi connectivity index (χ3n) is 1.46. The summed E-state index contributed by atoms with van der Waals surface area (Å²) in [4.78, 5) is 28.7. The fourth-order valence-corrected chi connectivity index (χ4v) is 0.645. The molecule has 0 aliphatic heterocycles. The molecule has 128 valence electrons. The number of nitrogens with one attached hydrogen (secondary N) is 1. The van der Waals surface area contributed by atoms with Gasteiger partial charge < -0.3 is 21.0 Å². The number of carboxylic acids is 1. The van der Waals surface area contributed by atoms with E-state index in [1.54, 1.807) is 0 Å². The molecule has 0 bridgehead atoms. The molecule has 4 N–H and O–H groups in total. The quantitative estimate of drug-likeness (QED) is 0.675. The number of carbonyl (C=O) groups excluding carboxylic acids is 2. The lowest BCUT2D eigenvalue weighted by Gasteiger charge is -1.96. The maximum absolute atomic E-state index is 10.2. The van der Waals surface area contributed by atoms with Gasteiger partial charge in [0.15, 0.2) is 0 Å². The Morgan fingerprint density at radius 3 is 1.43 bits per heavy atom. The van der Waals surface area contributed by atoms with Gasteiger partial charge in [-0.05, 0) is 33.2 Å². The smallest absolute Gasteiger partial charge is 0.300 e. The van der Waals surface area contributed by atoms with Gasteiger partial charge in [0.05, 0.1) is 0 Å². The summed E-state index contributed by atoms with van der Waals surface area (Å²) in [7, 11) is 0. The van der Waals surface area contributed by atoms with E-state index < -0.39 is 5.97 Å². The van der Waals surface area contributed by atoms with E-state index in [9.17, 15) is 9.59 Å². The fraction of sp³-hybridized carbons (Fsp3) is 0.800. The van der Waals surface area contributed by atoms with Crippen molar-refractivity contribution in [3.8, 4) is 0 Å². The summed E-state index contributed by atoms with van der Waals surface area (Å²) < 4.78 is 0. The number of unbranched alkanes of at least 4 members (excludes halogenated alkanes) is 2.